The zero-order chi connectivity index (χ0) is 23.9. The normalized spacial score (nSPS) is 14.7. The fraction of sp³-hybridized carbons (Fsp3) is 0.345. The Hall–Kier alpha value is -3.31. The molecule has 0 spiro atoms. The summed E-state index contributed by atoms with van der Waals surface area (Å²) in [6, 6.07) is 22.8. The summed E-state index contributed by atoms with van der Waals surface area (Å²) in [7, 11) is 1.70. The molecule has 0 fully saturated rings. The van der Waals surface area contributed by atoms with Crippen molar-refractivity contribution in [1.29, 1.82) is 0 Å². The first-order chi connectivity index (χ1) is 16.6. The van der Waals surface area contributed by atoms with Crippen LogP contribution >= 0.6 is 0 Å². The number of esters is 1. The van der Waals surface area contributed by atoms with Gasteiger partial charge in [-0.2, -0.15) is 0 Å². The van der Waals surface area contributed by atoms with Gasteiger partial charge in [-0.15, -0.1) is 0 Å². The van der Waals surface area contributed by atoms with E-state index in [0.717, 1.165) is 23.5 Å². The molecular formula is C29H32O5. The molecular weight excluding hydrogens is 428 g/mol. The van der Waals surface area contributed by atoms with Gasteiger partial charge in [0.05, 0.1) is 20.3 Å². The van der Waals surface area contributed by atoms with Crippen LogP contribution in [-0.2, 0) is 20.7 Å². The van der Waals surface area contributed by atoms with Crippen molar-refractivity contribution in [1.82, 2.24) is 0 Å². The lowest BCUT2D eigenvalue weighted by Gasteiger charge is -2.16. The molecule has 0 amide bonds. The predicted molar refractivity (Wildman–Crippen MR) is 133 cm³/mol. The summed E-state index contributed by atoms with van der Waals surface area (Å²) in [5.74, 6) is 1.64. The van der Waals surface area contributed by atoms with Crippen molar-refractivity contribution < 1.29 is 23.7 Å². The first kappa shape index (κ1) is 23.8. The number of methoxy groups -OCH3 is 1. The van der Waals surface area contributed by atoms with Crippen LogP contribution in [0.15, 0.2) is 66.7 Å². The highest BCUT2D eigenvalue weighted by Crippen LogP contribution is 2.47. The fourth-order valence-corrected chi connectivity index (χ4v) is 4.60. The monoisotopic (exact) mass is 460 g/mol. The summed E-state index contributed by atoms with van der Waals surface area (Å²) in [4.78, 5) is 12.1. The second kappa shape index (κ2) is 11.2. The highest BCUT2D eigenvalue weighted by molar-refractivity contribution is 5.79. The zero-order valence-electron chi connectivity index (χ0n) is 20.1. The van der Waals surface area contributed by atoms with Gasteiger partial charge in [-0.1, -0.05) is 42.5 Å². The van der Waals surface area contributed by atoms with Crippen LogP contribution in [0.4, 0.5) is 0 Å². The van der Waals surface area contributed by atoms with Gasteiger partial charge in [0.25, 0.3) is 0 Å². The highest BCUT2D eigenvalue weighted by atomic mass is 16.6. The minimum atomic E-state index is -0.587. The van der Waals surface area contributed by atoms with Crippen LogP contribution in [0.2, 0.25) is 0 Å². The lowest BCUT2D eigenvalue weighted by molar-refractivity contribution is -0.156. The molecule has 3 aromatic carbocycles. The zero-order valence-corrected chi connectivity index (χ0v) is 20.1. The fourth-order valence-electron chi connectivity index (χ4n) is 4.60. The van der Waals surface area contributed by atoms with Crippen molar-refractivity contribution >= 4 is 5.97 Å². The van der Waals surface area contributed by atoms with E-state index in [1.807, 2.05) is 37.3 Å². The average molecular weight is 461 g/mol. The number of benzene rings is 3. The van der Waals surface area contributed by atoms with Crippen molar-refractivity contribution in [2.45, 2.75) is 38.7 Å². The SMILES string of the molecule is CCOC(=O)C(Cc1ccc(OCCC2c3ccccc3-c3ccc(OC)cc32)cc1)OCC. The van der Waals surface area contributed by atoms with E-state index in [-0.39, 0.29) is 11.9 Å². The van der Waals surface area contributed by atoms with Crippen LogP contribution < -0.4 is 9.47 Å². The first-order valence-electron chi connectivity index (χ1n) is 11.9. The Bertz CT molecular complexity index is 1110. The van der Waals surface area contributed by atoms with Gasteiger partial charge in [-0.25, -0.2) is 4.79 Å². The lowest BCUT2D eigenvalue weighted by Crippen LogP contribution is -2.28. The van der Waals surface area contributed by atoms with Crippen molar-refractivity contribution in [3.05, 3.63) is 83.4 Å². The molecule has 0 aliphatic heterocycles. The Kier molecular flexibility index (Phi) is 7.86. The van der Waals surface area contributed by atoms with E-state index in [0.29, 0.717) is 26.2 Å². The van der Waals surface area contributed by atoms with E-state index in [2.05, 4.69) is 36.4 Å². The molecule has 34 heavy (non-hydrogen) atoms. The van der Waals surface area contributed by atoms with Gasteiger partial charge in [0.15, 0.2) is 6.10 Å². The number of hydrogen-bond acceptors (Lipinski definition) is 5. The van der Waals surface area contributed by atoms with Gasteiger partial charge >= 0.3 is 5.97 Å². The number of fused-ring (bicyclic) bond motifs is 3. The molecule has 0 saturated heterocycles. The standard InChI is InChI=1S/C29H32O5/c1-4-32-28(29(30)33-5-2)18-20-10-12-21(13-11-20)34-17-16-26-24-9-7-6-8-23(24)25-15-14-22(31-3)19-27(25)26/h6-15,19,26,28H,4-5,16-18H2,1-3H3. The van der Waals surface area contributed by atoms with Gasteiger partial charge in [-0.05, 0) is 72.4 Å². The number of rotatable bonds is 11. The van der Waals surface area contributed by atoms with Crippen molar-refractivity contribution in [2.75, 3.05) is 26.9 Å². The topological polar surface area (TPSA) is 54.0 Å². The van der Waals surface area contributed by atoms with Crippen LogP contribution in [-0.4, -0.2) is 39.0 Å². The summed E-state index contributed by atoms with van der Waals surface area (Å²) < 4.78 is 22.3. The number of ether oxygens (including phenoxy) is 4. The average Bonchev–Trinajstić information content (AvgIpc) is 3.18. The molecule has 0 aromatic heterocycles. The van der Waals surface area contributed by atoms with Crippen LogP contribution in [0.5, 0.6) is 11.5 Å². The largest absolute Gasteiger partial charge is 0.497 e. The molecule has 0 bridgehead atoms. The quantitative estimate of drug-likeness (QED) is 0.339. The summed E-state index contributed by atoms with van der Waals surface area (Å²) in [5.41, 5.74) is 6.20. The summed E-state index contributed by atoms with van der Waals surface area (Å²) in [6.45, 7) is 5.08. The minimum Gasteiger partial charge on any atom is -0.497 e. The van der Waals surface area contributed by atoms with Gasteiger partial charge < -0.3 is 18.9 Å². The van der Waals surface area contributed by atoms with E-state index in [4.69, 9.17) is 18.9 Å². The maximum absolute atomic E-state index is 12.1. The number of hydrogen-bond donors (Lipinski definition) is 0. The Morgan fingerprint density at radius 1 is 0.882 bits per heavy atom. The summed E-state index contributed by atoms with van der Waals surface area (Å²) in [5, 5.41) is 0. The Morgan fingerprint density at radius 3 is 2.35 bits per heavy atom. The second-order valence-corrected chi connectivity index (χ2v) is 8.27. The third-order valence-electron chi connectivity index (χ3n) is 6.20. The van der Waals surface area contributed by atoms with Crippen LogP contribution in [0.3, 0.4) is 0 Å². The molecule has 1 aliphatic rings. The highest BCUT2D eigenvalue weighted by Gasteiger charge is 2.28. The third-order valence-corrected chi connectivity index (χ3v) is 6.20. The molecule has 5 nitrogen and oxygen atoms in total. The lowest BCUT2D eigenvalue weighted by atomic mass is 9.94. The van der Waals surface area contributed by atoms with E-state index in [1.165, 1.54) is 22.3 Å². The van der Waals surface area contributed by atoms with Crippen LogP contribution in [0.25, 0.3) is 11.1 Å². The Labute approximate surface area is 201 Å². The molecule has 2 atom stereocenters. The van der Waals surface area contributed by atoms with Crippen LogP contribution in [0.1, 0.15) is 42.9 Å². The third kappa shape index (κ3) is 5.26. The van der Waals surface area contributed by atoms with Gasteiger partial charge in [0, 0.05) is 18.9 Å². The minimum absolute atomic E-state index is 0.275. The van der Waals surface area contributed by atoms with E-state index in [9.17, 15) is 4.79 Å². The Balaban J connectivity index is 1.39. The van der Waals surface area contributed by atoms with E-state index < -0.39 is 6.10 Å². The molecule has 0 saturated carbocycles. The molecule has 4 rings (SSSR count). The molecule has 5 heteroatoms. The molecule has 3 aromatic rings. The van der Waals surface area contributed by atoms with Crippen LogP contribution in [0, 0.1) is 0 Å². The summed E-state index contributed by atoms with van der Waals surface area (Å²) >= 11 is 0. The van der Waals surface area contributed by atoms with Gasteiger partial charge in [0.1, 0.15) is 11.5 Å². The molecule has 2 unspecified atom stereocenters. The first-order valence-corrected chi connectivity index (χ1v) is 11.9. The van der Waals surface area contributed by atoms with Crippen molar-refractivity contribution in [3.8, 4) is 22.6 Å². The number of carbonyl (C=O) groups is 1. The smallest absolute Gasteiger partial charge is 0.335 e. The van der Waals surface area contributed by atoms with Crippen molar-refractivity contribution in [2.24, 2.45) is 0 Å². The van der Waals surface area contributed by atoms with Gasteiger partial charge in [0.2, 0.25) is 0 Å². The molecule has 0 heterocycles. The van der Waals surface area contributed by atoms with Gasteiger partial charge in [-0.3, -0.25) is 0 Å². The maximum atomic E-state index is 12.1. The number of carbonyl (C=O) groups excluding carboxylic acids is 1. The molecule has 178 valence electrons. The van der Waals surface area contributed by atoms with E-state index >= 15 is 0 Å². The maximum Gasteiger partial charge on any atom is 0.335 e. The van der Waals surface area contributed by atoms with E-state index in [1.54, 1.807) is 14.0 Å². The Morgan fingerprint density at radius 2 is 1.62 bits per heavy atom. The summed E-state index contributed by atoms with van der Waals surface area (Å²) in [6.07, 6.45) is 0.759. The van der Waals surface area contributed by atoms with Crippen molar-refractivity contribution in [3.63, 3.8) is 0 Å². The molecule has 0 radical (unpaired) electrons. The second-order valence-electron chi connectivity index (χ2n) is 8.27. The molecule has 0 N–H and O–H groups in total. The molecule has 1 aliphatic carbocycles. The predicted octanol–water partition coefficient (Wildman–Crippen LogP) is 5.79.